The van der Waals surface area contributed by atoms with Crippen LogP contribution < -0.4 is 0 Å². The zero-order valence-corrected chi connectivity index (χ0v) is 11.7. The fraction of sp³-hybridized carbons (Fsp3) is 0. The minimum Gasteiger partial charge on any atom is -0.508 e. The Bertz CT molecular complexity index is 755. The summed E-state index contributed by atoms with van der Waals surface area (Å²) < 4.78 is 0. The van der Waals surface area contributed by atoms with Crippen LogP contribution in [-0.2, 0) is 0 Å². The lowest BCUT2D eigenvalue weighted by Crippen LogP contribution is -1.87. The van der Waals surface area contributed by atoms with E-state index in [1.807, 2.05) is 36.4 Å². The summed E-state index contributed by atoms with van der Waals surface area (Å²) in [6, 6.07) is 25.7. The standard InChI is InChI=1S/C20H16O/c1-15(16-6-3-2-4-7-16)18-8-5-9-19(14-18)17-10-12-20(21)13-11-17/h2-14,21H,1H2. The van der Waals surface area contributed by atoms with Gasteiger partial charge in [0.2, 0.25) is 0 Å². The maximum Gasteiger partial charge on any atom is 0.115 e. The Kier molecular flexibility index (Phi) is 3.57. The van der Waals surface area contributed by atoms with Crippen molar-refractivity contribution in [1.29, 1.82) is 0 Å². The average molecular weight is 272 g/mol. The lowest BCUT2D eigenvalue weighted by atomic mass is 9.96. The van der Waals surface area contributed by atoms with Crippen molar-refractivity contribution in [3.8, 4) is 16.9 Å². The van der Waals surface area contributed by atoms with E-state index in [0.29, 0.717) is 0 Å². The van der Waals surface area contributed by atoms with E-state index in [2.05, 4.69) is 36.9 Å². The van der Waals surface area contributed by atoms with Gasteiger partial charge in [-0.25, -0.2) is 0 Å². The molecule has 0 saturated heterocycles. The third-order valence-corrected chi connectivity index (χ3v) is 3.53. The van der Waals surface area contributed by atoms with Crippen molar-refractivity contribution in [2.75, 3.05) is 0 Å². The van der Waals surface area contributed by atoms with Crippen molar-refractivity contribution >= 4 is 5.57 Å². The van der Waals surface area contributed by atoms with E-state index in [1.54, 1.807) is 12.1 Å². The Morgan fingerprint density at radius 2 is 1.33 bits per heavy atom. The summed E-state index contributed by atoms with van der Waals surface area (Å²) in [5.74, 6) is 0.281. The monoisotopic (exact) mass is 272 g/mol. The average Bonchev–Trinajstić information content (AvgIpc) is 2.56. The molecule has 0 radical (unpaired) electrons. The third-order valence-electron chi connectivity index (χ3n) is 3.53. The molecule has 0 heterocycles. The number of rotatable bonds is 3. The zero-order chi connectivity index (χ0) is 14.7. The van der Waals surface area contributed by atoms with Crippen LogP contribution >= 0.6 is 0 Å². The summed E-state index contributed by atoms with van der Waals surface area (Å²) in [5, 5.41) is 9.38. The molecule has 0 unspecified atom stereocenters. The molecule has 0 aliphatic carbocycles. The highest BCUT2D eigenvalue weighted by Gasteiger charge is 2.04. The van der Waals surface area contributed by atoms with E-state index in [1.165, 1.54) is 0 Å². The Balaban J connectivity index is 1.97. The van der Waals surface area contributed by atoms with E-state index in [-0.39, 0.29) is 5.75 Å². The van der Waals surface area contributed by atoms with E-state index in [9.17, 15) is 5.11 Å². The molecule has 102 valence electrons. The molecule has 3 rings (SSSR count). The Morgan fingerprint density at radius 1 is 0.667 bits per heavy atom. The molecule has 0 bridgehead atoms. The number of benzene rings is 3. The lowest BCUT2D eigenvalue weighted by molar-refractivity contribution is 0.475. The maximum atomic E-state index is 9.38. The first-order valence-corrected chi connectivity index (χ1v) is 6.88. The van der Waals surface area contributed by atoms with Gasteiger partial charge in [0, 0.05) is 0 Å². The maximum absolute atomic E-state index is 9.38. The van der Waals surface area contributed by atoms with Crippen molar-refractivity contribution in [1.82, 2.24) is 0 Å². The summed E-state index contributed by atoms with van der Waals surface area (Å²) in [5.41, 5.74) is 5.43. The summed E-state index contributed by atoms with van der Waals surface area (Å²) in [7, 11) is 0. The molecule has 0 fully saturated rings. The van der Waals surface area contributed by atoms with Gasteiger partial charge < -0.3 is 5.11 Å². The molecule has 0 aliphatic rings. The highest BCUT2D eigenvalue weighted by molar-refractivity contribution is 5.80. The van der Waals surface area contributed by atoms with E-state index in [4.69, 9.17) is 0 Å². The molecule has 0 aromatic heterocycles. The Hall–Kier alpha value is -2.80. The molecular formula is C20H16O. The topological polar surface area (TPSA) is 20.2 Å². The van der Waals surface area contributed by atoms with Crippen LogP contribution in [0.15, 0.2) is 85.4 Å². The van der Waals surface area contributed by atoms with Crippen LogP contribution in [0.5, 0.6) is 5.75 Å². The van der Waals surface area contributed by atoms with Crippen LogP contribution in [-0.4, -0.2) is 5.11 Å². The normalized spacial score (nSPS) is 10.3. The second kappa shape index (κ2) is 5.68. The van der Waals surface area contributed by atoms with Gasteiger partial charge in [0.25, 0.3) is 0 Å². The number of aromatic hydroxyl groups is 1. The predicted molar refractivity (Wildman–Crippen MR) is 88.1 cm³/mol. The van der Waals surface area contributed by atoms with Gasteiger partial charge in [-0.05, 0) is 46.0 Å². The first-order chi connectivity index (χ1) is 10.2. The second-order valence-corrected chi connectivity index (χ2v) is 4.97. The van der Waals surface area contributed by atoms with Gasteiger partial charge in [-0.15, -0.1) is 0 Å². The van der Waals surface area contributed by atoms with E-state index in [0.717, 1.165) is 27.8 Å². The van der Waals surface area contributed by atoms with E-state index >= 15 is 0 Å². The van der Waals surface area contributed by atoms with Crippen molar-refractivity contribution in [2.45, 2.75) is 0 Å². The largest absolute Gasteiger partial charge is 0.508 e. The van der Waals surface area contributed by atoms with Crippen LogP contribution in [0.3, 0.4) is 0 Å². The van der Waals surface area contributed by atoms with Gasteiger partial charge >= 0.3 is 0 Å². The molecule has 3 aromatic carbocycles. The molecule has 21 heavy (non-hydrogen) atoms. The molecule has 1 N–H and O–H groups in total. The van der Waals surface area contributed by atoms with Crippen LogP contribution in [0.4, 0.5) is 0 Å². The lowest BCUT2D eigenvalue weighted by Gasteiger charge is -2.09. The molecule has 0 atom stereocenters. The predicted octanol–water partition coefficient (Wildman–Crippen LogP) is 5.12. The first-order valence-electron chi connectivity index (χ1n) is 6.88. The molecular weight excluding hydrogens is 256 g/mol. The molecule has 0 spiro atoms. The third kappa shape index (κ3) is 2.87. The van der Waals surface area contributed by atoms with E-state index < -0.39 is 0 Å². The van der Waals surface area contributed by atoms with Gasteiger partial charge in [0.1, 0.15) is 5.75 Å². The minimum absolute atomic E-state index is 0.281. The molecule has 3 aromatic rings. The summed E-state index contributed by atoms with van der Waals surface area (Å²) >= 11 is 0. The Labute approximate surface area is 124 Å². The molecule has 0 saturated carbocycles. The number of phenols is 1. The fourth-order valence-corrected chi connectivity index (χ4v) is 2.35. The number of hydrogen-bond donors (Lipinski definition) is 1. The van der Waals surface area contributed by atoms with Crippen LogP contribution in [0.2, 0.25) is 0 Å². The van der Waals surface area contributed by atoms with Crippen molar-refractivity contribution < 1.29 is 5.11 Å². The van der Waals surface area contributed by atoms with Crippen LogP contribution in [0, 0.1) is 0 Å². The van der Waals surface area contributed by atoms with Crippen molar-refractivity contribution in [3.05, 3.63) is 96.6 Å². The van der Waals surface area contributed by atoms with Crippen LogP contribution in [0.25, 0.3) is 16.7 Å². The van der Waals surface area contributed by atoms with Gasteiger partial charge in [-0.2, -0.15) is 0 Å². The van der Waals surface area contributed by atoms with Gasteiger partial charge in [-0.3, -0.25) is 0 Å². The highest BCUT2D eigenvalue weighted by Crippen LogP contribution is 2.27. The summed E-state index contributed by atoms with van der Waals surface area (Å²) in [6.45, 7) is 4.20. The minimum atomic E-state index is 0.281. The highest BCUT2D eigenvalue weighted by atomic mass is 16.3. The molecule has 1 nitrogen and oxygen atoms in total. The smallest absolute Gasteiger partial charge is 0.115 e. The van der Waals surface area contributed by atoms with Crippen molar-refractivity contribution in [2.24, 2.45) is 0 Å². The van der Waals surface area contributed by atoms with Crippen LogP contribution in [0.1, 0.15) is 11.1 Å². The fourth-order valence-electron chi connectivity index (χ4n) is 2.35. The van der Waals surface area contributed by atoms with Gasteiger partial charge in [0.05, 0.1) is 0 Å². The van der Waals surface area contributed by atoms with Crippen molar-refractivity contribution in [3.63, 3.8) is 0 Å². The van der Waals surface area contributed by atoms with Gasteiger partial charge in [-0.1, -0.05) is 67.2 Å². The zero-order valence-electron chi connectivity index (χ0n) is 11.7. The SMILES string of the molecule is C=C(c1ccccc1)c1cccc(-c2ccc(O)cc2)c1. The van der Waals surface area contributed by atoms with Gasteiger partial charge in [0.15, 0.2) is 0 Å². The second-order valence-electron chi connectivity index (χ2n) is 4.97. The number of hydrogen-bond acceptors (Lipinski definition) is 1. The molecule has 0 amide bonds. The molecule has 0 aliphatic heterocycles. The quantitative estimate of drug-likeness (QED) is 0.701. The first kappa shape index (κ1) is 13.2. The molecule has 1 heteroatoms. The summed E-state index contributed by atoms with van der Waals surface area (Å²) in [4.78, 5) is 0. The number of phenolic OH excluding ortho intramolecular Hbond substituents is 1. The Morgan fingerprint density at radius 3 is 2.05 bits per heavy atom. The summed E-state index contributed by atoms with van der Waals surface area (Å²) in [6.07, 6.45) is 0.